The van der Waals surface area contributed by atoms with Crippen LogP contribution in [0.15, 0.2) is 72.2 Å². The Morgan fingerprint density at radius 2 is 1.93 bits per heavy atom. The second kappa shape index (κ2) is 6.50. The van der Waals surface area contributed by atoms with Crippen LogP contribution in [-0.4, -0.2) is 4.98 Å². The van der Waals surface area contributed by atoms with Gasteiger partial charge in [-0.3, -0.25) is 0 Å². The molecule has 0 aliphatic heterocycles. The molecule has 1 aliphatic rings. The lowest BCUT2D eigenvalue weighted by atomic mass is 9.84. The minimum Gasteiger partial charge on any atom is -0.489 e. The van der Waals surface area contributed by atoms with Crippen molar-refractivity contribution < 1.29 is 4.74 Å². The van der Waals surface area contributed by atoms with Gasteiger partial charge < -0.3 is 4.74 Å². The van der Waals surface area contributed by atoms with E-state index < -0.39 is 0 Å². The lowest BCUT2D eigenvalue weighted by molar-refractivity contribution is 0.305. The van der Waals surface area contributed by atoms with Crippen LogP contribution in [-0.2, 0) is 18.4 Å². The van der Waals surface area contributed by atoms with Crippen molar-refractivity contribution in [2.75, 3.05) is 0 Å². The first-order valence-electron chi connectivity index (χ1n) is 9.36. The highest BCUT2D eigenvalue weighted by molar-refractivity contribution is 7.09. The lowest BCUT2D eigenvalue weighted by Crippen LogP contribution is -2.19. The molecule has 134 valence electrons. The molecule has 0 saturated carbocycles. The van der Waals surface area contributed by atoms with Crippen LogP contribution >= 0.6 is 11.3 Å². The van der Waals surface area contributed by atoms with E-state index in [0.29, 0.717) is 6.61 Å². The number of aromatic nitrogens is 1. The highest BCUT2D eigenvalue weighted by atomic mass is 32.1. The Labute approximate surface area is 163 Å². The molecule has 1 aromatic heterocycles. The average molecular weight is 372 g/mol. The number of hydrogen-bond acceptors (Lipinski definition) is 3. The molecule has 0 spiro atoms. The maximum atomic E-state index is 6.16. The summed E-state index contributed by atoms with van der Waals surface area (Å²) in [5.74, 6) is 0.937. The Balaban J connectivity index is 1.40. The summed E-state index contributed by atoms with van der Waals surface area (Å²) in [6, 6.07) is 21.5. The van der Waals surface area contributed by atoms with Crippen molar-refractivity contribution in [2.24, 2.45) is 0 Å². The summed E-state index contributed by atoms with van der Waals surface area (Å²) < 4.78 is 6.16. The van der Waals surface area contributed by atoms with Crippen molar-refractivity contribution in [1.29, 1.82) is 0 Å². The predicted molar refractivity (Wildman–Crippen MR) is 112 cm³/mol. The van der Waals surface area contributed by atoms with Gasteiger partial charge in [-0.2, -0.15) is 0 Å². The summed E-state index contributed by atoms with van der Waals surface area (Å²) >= 11 is 1.75. The smallest absolute Gasteiger partial charge is 0.120 e. The molecule has 0 fully saturated rings. The molecule has 3 heteroatoms. The number of thiazole rings is 1. The number of nitrogens with zero attached hydrogens (tertiary/aromatic N) is 1. The fourth-order valence-electron chi connectivity index (χ4n) is 4.11. The Morgan fingerprint density at radius 1 is 1.04 bits per heavy atom. The Morgan fingerprint density at radius 3 is 2.78 bits per heavy atom. The largest absolute Gasteiger partial charge is 0.489 e. The van der Waals surface area contributed by atoms with Gasteiger partial charge in [-0.25, -0.2) is 4.98 Å². The molecule has 0 amide bonds. The van der Waals surface area contributed by atoms with Crippen LogP contribution in [0, 0.1) is 0 Å². The summed E-state index contributed by atoms with van der Waals surface area (Å²) in [7, 11) is 0. The molecular weight excluding hydrogens is 350 g/mol. The third-order valence-corrected chi connectivity index (χ3v) is 6.73. The first-order chi connectivity index (χ1) is 13.2. The molecule has 27 heavy (non-hydrogen) atoms. The van der Waals surface area contributed by atoms with Crippen molar-refractivity contribution in [1.82, 2.24) is 4.98 Å². The van der Waals surface area contributed by atoms with Crippen molar-refractivity contribution in [3.05, 3.63) is 93.9 Å². The molecule has 1 heterocycles. The number of fused-ring (bicyclic) bond motifs is 2. The Kier molecular flexibility index (Phi) is 3.98. The first-order valence-corrected chi connectivity index (χ1v) is 10.2. The van der Waals surface area contributed by atoms with Gasteiger partial charge in [0.1, 0.15) is 17.4 Å². The van der Waals surface area contributed by atoms with Gasteiger partial charge in [0.25, 0.3) is 0 Å². The molecule has 5 rings (SSSR count). The Hall–Kier alpha value is -2.65. The number of aryl methyl sites for hydroxylation is 1. The predicted octanol–water partition coefficient (Wildman–Crippen LogP) is 6.13. The van der Waals surface area contributed by atoms with Gasteiger partial charge in [-0.05, 0) is 65.4 Å². The third-order valence-electron chi connectivity index (χ3n) is 5.69. The van der Waals surface area contributed by atoms with Crippen molar-refractivity contribution >= 4 is 22.1 Å². The van der Waals surface area contributed by atoms with E-state index in [1.54, 1.807) is 11.3 Å². The van der Waals surface area contributed by atoms with E-state index in [1.165, 1.54) is 32.5 Å². The summed E-state index contributed by atoms with van der Waals surface area (Å²) in [4.78, 5) is 4.60. The second-order valence-corrected chi connectivity index (χ2v) is 8.35. The summed E-state index contributed by atoms with van der Waals surface area (Å²) in [6.07, 6.45) is 4.13. The quantitative estimate of drug-likeness (QED) is 0.431. The molecule has 1 aliphatic carbocycles. The van der Waals surface area contributed by atoms with Crippen molar-refractivity contribution in [3.63, 3.8) is 0 Å². The average Bonchev–Trinajstić information content (AvgIpc) is 3.36. The molecule has 1 unspecified atom stereocenters. The van der Waals surface area contributed by atoms with E-state index in [2.05, 4.69) is 78.0 Å². The van der Waals surface area contributed by atoms with Crippen LogP contribution in [0.4, 0.5) is 0 Å². The van der Waals surface area contributed by atoms with E-state index >= 15 is 0 Å². The van der Waals surface area contributed by atoms with E-state index in [9.17, 15) is 0 Å². The third kappa shape index (κ3) is 2.92. The van der Waals surface area contributed by atoms with Gasteiger partial charge in [0.05, 0.1) is 0 Å². The van der Waals surface area contributed by atoms with Crippen LogP contribution in [0.5, 0.6) is 5.75 Å². The highest BCUT2D eigenvalue weighted by Gasteiger charge is 2.38. The van der Waals surface area contributed by atoms with Gasteiger partial charge in [-0.15, -0.1) is 11.3 Å². The molecule has 1 atom stereocenters. The van der Waals surface area contributed by atoms with Crippen LogP contribution in [0.25, 0.3) is 10.8 Å². The number of ether oxygens (including phenoxy) is 1. The summed E-state index contributed by atoms with van der Waals surface area (Å²) in [6.45, 7) is 2.89. The van der Waals surface area contributed by atoms with Gasteiger partial charge in [0.15, 0.2) is 0 Å². The van der Waals surface area contributed by atoms with E-state index in [4.69, 9.17) is 4.74 Å². The maximum absolute atomic E-state index is 6.16. The summed E-state index contributed by atoms with van der Waals surface area (Å²) in [5, 5.41) is 5.79. The SMILES string of the molecule is CC1(c2nccs2)CCc2ccc(OCc3ccc4ccccc4c3)cc21. The zero-order valence-corrected chi connectivity index (χ0v) is 16.1. The zero-order chi connectivity index (χ0) is 18.3. The van der Waals surface area contributed by atoms with Gasteiger partial charge >= 0.3 is 0 Å². The molecule has 3 aromatic carbocycles. The van der Waals surface area contributed by atoms with Crippen LogP contribution < -0.4 is 4.74 Å². The topological polar surface area (TPSA) is 22.1 Å². The number of benzene rings is 3. The maximum Gasteiger partial charge on any atom is 0.120 e. The Bertz CT molecular complexity index is 1100. The standard InChI is InChI=1S/C24H21NOS/c1-24(23-25-12-13-27-23)11-10-19-8-9-21(15-22(19)24)26-16-17-6-7-18-4-2-3-5-20(18)14-17/h2-9,12-15H,10-11,16H2,1H3. The fourth-order valence-corrected chi connectivity index (χ4v) is 4.95. The van der Waals surface area contributed by atoms with Gasteiger partial charge in [0, 0.05) is 17.0 Å². The summed E-state index contributed by atoms with van der Waals surface area (Å²) in [5.41, 5.74) is 3.99. The molecule has 2 nitrogen and oxygen atoms in total. The van der Waals surface area contributed by atoms with Crippen LogP contribution in [0.2, 0.25) is 0 Å². The van der Waals surface area contributed by atoms with E-state index in [1.807, 2.05) is 6.20 Å². The minimum absolute atomic E-state index is 0.00577. The van der Waals surface area contributed by atoms with E-state index in [0.717, 1.165) is 18.6 Å². The highest BCUT2D eigenvalue weighted by Crippen LogP contribution is 2.45. The molecule has 0 radical (unpaired) electrons. The molecule has 0 saturated heterocycles. The zero-order valence-electron chi connectivity index (χ0n) is 15.3. The van der Waals surface area contributed by atoms with Gasteiger partial charge in [0.2, 0.25) is 0 Å². The first kappa shape index (κ1) is 16.5. The second-order valence-electron chi connectivity index (χ2n) is 7.46. The van der Waals surface area contributed by atoms with Crippen molar-refractivity contribution in [3.8, 4) is 5.75 Å². The molecule has 0 bridgehead atoms. The molecule has 0 N–H and O–H groups in total. The minimum atomic E-state index is 0.00577. The molecule has 4 aromatic rings. The lowest BCUT2D eigenvalue weighted by Gasteiger charge is -2.23. The van der Waals surface area contributed by atoms with Crippen molar-refractivity contribution in [2.45, 2.75) is 31.8 Å². The van der Waals surface area contributed by atoms with Crippen LogP contribution in [0.1, 0.15) is 35.0 Å². The van der Waals surface area contributed by atoms with E-state index in [-0.39, 0.29) is 5.41 Å². The number of hydrogen-bond donors (Lipinski definition) is 0. The number of rotatable bonds is 4. The van der Waals surface area contributed by atoms with Gasteiger partial charge in [-0.1, -0.05) is 42.5 Å². The fraction of sp³-hybridized carbons (Fsp3) is 0.208. The van der Waals surface area contributed by atoms with Crippen LogP contribution in [0.3, 0.4) is 0 Å². The monoisotopic (exact) mass is 371 g/mol. The normalized spacial score (nSPS) is 18.6. The molecular formula is C24H21NOS.